The number of likely N-dealkylation sites (tertiary alicyclic amines) is 1. The Kier molecular flexibility index (Phi) is 5.27. The van der Waals surface area contributed by atoms with Crippen LogP contribution in [0, 0.1) is 12.8 Å². The van der Waals surface area contributed by atoms with Crippen molar-refractivity contribution in [1.29, 1.82) is 0 Å². The molecule has 1 fully saturated rings. The average Bonchev–Trinajstić information content (AvgIpc) is 3.24. The molecule has 1 unspecified atom stereocenters. The number of aliphatic hydroxyl groups is 1. The number of fused-ring (bicyclic) bond motifs is 2. The number of Topliss-reactive ketones (excluding diaryl/α,β-unsaturated/α-hetero) is 1. The summed E-state index contributed by atoms with van der Waals surface area (Å²) >= 11 is 3.47. The van der Waals surface area contributed by atoms with E-state index in [1.807, 2.05) is 31.2 Å². The number of hydrogen-bond donors (Lipinski definition) is 4. The lowest BCUT2D eigenvalue weighted by Crippen LogP contribution is -2.46. The van der Waals surface area contributed by atoms with Gasteiger partial charge in [0.1, 0.15) is 5.82 Å². The Morgan fingerprint density at radius 1 is 1.28 bits per heavy atom. The number of ketones is 1. The van der Waals surface area contributed by atoms with Crippen LogP contribution >= 0.6 is 15.9 Å². The Morgan fingerprint density at radius 3 is 2.78 bits per heavy atom. The average molecular weight is 499 g/mol. The van der Waals surface area contributed by atoms with Gasteiger partial charge in [-0.25, -0.2) is 0 Å². The molecule has 8 heteroatoms. The summed E-state index contributed by atoms with van der Waals surface area (Å²) < 4.78 is 0.896. The van der Waals surface area contributed by atoms with Gasteiger partial charge in [-0.3, -0.25) is 9.59 Å². The molecule has 2 aromatic rings. The van der Waals surface area contributed by atoms with Gasteiger partial charge in [0.25, 0.3) is 5.91 Å². The number of H-pyrrole nitrogens is 1. The fourth-order valence-electron chi connectivity index (χ4n) is 5.03. The van der Waals surface area contributed by atoms with Gasteiger partial charge in [-0.15, -0.1) is 0 Å². The maximum absolute atomic E-state index is 13.4. The zero-order chi connectivity index (χ0) is 22.6. The smallest absolute Gasteiger partial charge is 0.256 e. The third-order valence-electron chi connectivity index (χ3n) is 7.03. The monoisotopic (exact) mass is 498 g/mol. The van der Waals surface area contributed by atoms with Crippen molar-refractivity contribution >= 4 is 50.8 Å². The Labute approximate surface area is 195 Å². The molecule has 1 saturated heterocycles. The van der Waals surface area contributed by atoms with Gasteiger partial charge in [-0.05, 0) is 63.1 Å². The lowest BCUT2D eigenvalue weighted by molar-refractivity contribution is -0.110. The van der Waals surface area contributed by atoms with Crippen LogP contribution in [0.1, 0.15) is 46.4 Å². The number of anilines is 2. The highest BCUT2D eigenvalue weighted by Gasteiger charge is 2.39. The summed E-state index contributed by atoms with van der Waals surface area (Å²) in [5, 5.41) is 17.3. The number of aromatic nitrogens is 1. The highest BCUT2D eigenvalue weighted by Crippen LogP contribution is 2.39. The van der Waals surface area contributed by atoms with Crippen LogP contribution in [0.4, 0.5) is 11.5 Å². The maximum atomic E-state index is 13.4. The fourth-order valence-corrected chi connectivity index (χ4v) is 5.39. The van der Waals surface area contributed by atoms with Crippen molar-refractivity contribution in [3.8, 4) is 0 Å². The number of nitrogens with one attached hydrogen (secondary N) is 3. The van der Waals surface area contributed by atoms with Crippen molar-refractivity contribution in [1.82, 2.24) is 9.88 Å². The molecule has 1 atom stereocenters. The summed E-state index contributed by atoms with van der Waals surface area (Å²) in [6.07, 6.45) is 3.66. The van der Waals surface area contributed by atoms with Crippen molar-refractivity contribution in [2.75, 3.05) is 37.3 Å². The molecule has 3 aliphatic heterocycles. The van der Waals surface area contributed by atoms with Gasteiger partial charge in [0, 0.05) is 47.0 Å². The number of nitrogens with zero attached hydrogens (tertiary/aromatic N) is 1. The number of benzene rings is 1. The van der Waals surface area contributed by atoms with E-state index in [4.69, 9.17) is 0 Å². The van der Waals surface area contributed by atoms with E-state index in [2.05, 4.69) is 43.5 Å². The maximum Gasteiger partial charge on any atom is 0.256 e. The number of halogens is 1. The number of rotatable bonds is 3. The molecule has 0 spiro atoms. The lowest BCUT2D eigenvalue weighted by atomic mass is 9.79. The third kappa shape index (κ3) is 3.70. The van der Waals surface area contributed by atoms with Crippen LogP contribution in [0.5, 0.6) is 0 Å². The van der Waals surface area contributed by atoms with E-state index in [1.165, 1.54) is 0 Å². The molecular weight excluding hydrogens is 472 g/mol. The fraction of sp³-hybridized carbons (Fsp3) is 0.417. The number of carbonyl (C=O) groups is 2. The van der Waals surface area contributed by atoms with E-state index < -0.39 is 5.60 Å². The summed E-state index contributed by atoms with van der Waals surface area (Å²) in [6.45, 7) is 4.09. The van der Waals surface area contributed by atoms with E-state index in [0.29, 0.717) is 42.8 Å². The highest BCUT2D eigenvalue weighted by molar-refractivity contribution is 9.10. The normalized spacial score (nSPS) is 23.6. The van der Waals surface area contributed by atoms with E-state index in [1.54, 1.807) is 0 Å². The molecule has 0 radical (unpaired) electrons. The van der Waals surface area contributed by atoms with Crippen LogP contribution in [0.15, 0.2) is 22.7 Å². The minimum Gasteiger partial charge on any atom is -0.390 e. The number of piperidine rings is 1. The second-order valence-electron chi connectivity index (χ2n) is 9.29. The van der Waals surface area contributed by atoms with Gasteiger partial charge >= 0.3 is 0 Å². The summed E-state index contributed by atoms with van der Waals surface area (Å²) in [5.41, 5.74) is 3.58. The molecule has 4 heterocycles. The van der Waals surface area contributed by atoms with Crippen molar-refractivity contribution in [2.24, 2.45) is 5.92 Å². The first-order valence-electron chi connectivity index (χ1n) is 11.0. The molecule has 3 aliphatic rings. The van der Waals surface area contributed by atoms with Gasteiger partial charge < -0.3 is 25.6 Å². The van der Waals surface area contributed by atoms with Gasteiger partial charge in [0.05, 0.1) is 16.7 Å². The number of carbonyl (C=O) groups excluding carboxylic acids is 2. The molecule has 1 amide bonds. The summed E-state index contributed by atoms with van der Waals surface area (Å²) in [5.74, 6) is 0.325. The molecule has 0 bridgehead atoms. The SMILES string of the molecule is Cc1c(C=C2C(=O)Nc3ccc(Br)cc32)[nH]c2c1C(=O)C(CC1(O)CCN(C)CC1)CN2. The minimum atomic E-state index is -0.792. The molecule has 7 nitrogen and oxygen atoms in total. The molecule has 1 aromatic carbocycles. The van der Waals surface area contributed by atoms with Crippen LogP contribution < -0.4 is 10.6 Å². The van der Waals surface area contributed by atoms with Crippen LogP contribution in [-0.2, 0) is 4.79 Å². The minimum absolute atomic E-state index is 0.0588. The van der Waals surface area contributed by atoms with E-state index in [9.17, 15) is 14.7 Å². The van der Waals surface area contributed by atoms with Crippen molar-refractivity contribution in [3.05, 3.63) is 45.1 Å². The predicted octanol–water partition coefficient (Wildman–Crippen LogP) is 3.65. The van der Waals surface area contributed by atoms with Crippen LogP contribution in [0.2, 0.25) is 0 Å². The molecule has 168 valence electrons. The number of aromatic amines is 1. The summed E-state index contributed by atoms with van der Waals surface area (Å²) in [7, 11) is 2.06. The van der Waals surface area contributed by atoms with Gasteiger partial charge in [0.15, 0.2) is 5.78 Å². The first-order chi connectivity index (χ1) is 15.2. The third-order valence-corrected chi connectivity index (χ3v) is 7.52. The van der Waals surface area contributed by atoms with Gasteiger partial charge in [0.2, 0.25) is 0 Å². The van der Waals surface area contributed by atoms with Gasteiger partial charge in [-0.2, -0.15) is 0 Å². The quantitative estimate of drug-likeness (QED) is 0.484. The molecular formula is C24H27BrN4O3. The van der Waals surface area contributed by atoms with E-state index >= 15 is 0 Å². The summed E-state index contributed by atoms with van der Waals surface area (Å²) in [4.78, 5) is 31.5. The van der Waals surface area contributed by atoms with Crippen molar-refractivity contribution in [3.63, 3.8) is 0 Å². The highest BCUT2D eigenvalue weighted by atomic mass is 79.9. The molecule has 0 saturated carbocycles. The van der Waals surface area contributed by atoms with Crippen LogP contribution in [0.25, 0.3) is 11.6 Å². The van der Waals surface area contributed by atoms with Crippen LogP contribution in [-0.4, -0.2) is 59.0 Å². The zero-order valence-corrected chi connectivity index (χ0v) is 19.8. The first kappa shape index (κ1) is 21.4. The van der Waals surface area contributed by atoms with Crippen molar-refractivity contribution in [2.45, 2.75) is 31.8 Å². The zero-order valence-electron chi connectivity index (χ0n) is 18.2. The van der Waals surface area contributed by atoms with E-state index in [-0.39, 0.29) is 17.6 Å². The van der Waals surface area contributed by atoms with Crippen molar-refractivity contribution < 1.29 is 14.7 Å². The summed E-state index contributed by atoms with van der Waals surface area (Å²) in [6, 6.07) is 5.68. The molecule has 4 N–H and O–H groups in total. The van der Waals surface area contributed by atoms with E-state index in [0.717, 1.165) is 40.1 Å². The topological polar surface area (TPSA) is 97.5 Å². The predicted molar refractivity (Wildman–Crippen MR) is 129 cm³/mol. The second-order valence-corrected chi connectivity index (χ2v) is 10.2. The first-order valence-corrected chi connectivity index (χ1v) is 11.8. The Bertz CT molecular complexity index is 1140. The second kappa shape index (κ2) is 7.86. The Hall–Kier alpha value is -2.42. The number of amides is 1. The largest absolute Gasteiger partial charge is 0.390 e. The molecule has 5 rings (SSSR count). The molecule has 32 heavy (non-hydrogen) atoms. The lowest BCUT2D eigenvalue weighted by Gasteiger charge is -2.39. The van der Waals surface area contributed by atoms with Gasteiger partial charge in [-0.1, -0.05) is 15.9 Å². The Morgan fingerprint density at radius 2 is 2.03 bits per heavy atom. The molecule has 0 aliphatic carbocycles. The number of hydrogen-bond acceptors (Lipinski definition) is 5. The standard InChI is InChI=1S/C24H27BrN4O3/c1-13-19(10-17-16-9-15(25)3-4-18(16)28-23(17)31)27-22-20(13)21(30)14(12-26-22)11-24(32)5-7-29(2)8-6-24/h3-4,9-10,14,26-27,32H,5-8,11-12H2,1-2H3,(H,28,31). The Balaban J connectivity index is 1.43. The van der Waals surface area contributed by atoms with Crippen LogP contribution in [0.3, 0.4) is 0 Å². The molecule has 1 aromatic heterocycles.